The number of hydrogen-bond acceptors (Lipinski definition) is 3. The quantitative estimate of drug-likeness (QED) is 0.546. The maximum Gasteiger partial charge on any atom is 0.186 e. The van der Waals surface area contributed by atoms with Crippen molar-refractivity contribution < 1.29 is 15.3 Å². The van der Waals surface area contributed by atoms with Gasteiger partial charge < -0.3 is 19.7 Å². The van der Waals surface area contributed by atoms with Gasteiger partial charge in [-0.15, -0.1) is 0 Å². The summed E-state index contributed by atoms with van der Waals surface area (Å²) in [5.74, 6) is -0.597. The number of aromatic hydroxyl groups is 3. The lowest BCUT2D eigenvalue weighted by Gasteiger charge is -2.00. The van der Waals surface area contributed by atoms with Gasteiger partial charge >= 0.3 is 0 Å². The van der Waals surface area contributed by atoms with Crippen LogP contribution in [-0.2, 0) is 0 Å². The van der Waals surface area contributed by atoms with Crippen LogP contribution in [0.4, 0.5) is 0 Å². The smallest absolute Gasteiger partial charge is 0.186 e. The Morgan fingerprint density at radius 2 is 1.50 bits per heavy atom. The molecule has 4 heteroatoms. The van der Waals surface area contributed by atoms with Crippen LogP contribution < -0.4 is 0 Å². The van der Waals surface area contributed by atoms with E-state index in [0.717, 1.165) is 0 Å². The maximum absolute atomic E-state index is 9.30. The molecule has 0 spiro atoms. The van der Waals surface area contributed by atoms with Crippen LogP contribution in [0.25, 0.3) is 5.52 Å². The Bertz CT molecular complexity index is 433. The van der Waals surface area contributed by atoms with Crippen molar-refractivity contribution in [1.82, 2.24) is 4.40 Å². The number of fused-ring (bicyclic) bond motifs is 1. The average molecular weight is 165 g/mol. The first-order valence-corrected chi connectivity index (χ1v) is 3.40. The van der Waals surface area contributed by atoms with Crippen LogP contribution in [0.5, 0.6) is 17.2 Å². The molecule has 4 nitrogen and oxygen atoms in total. The SMILES string of the molecule is Oc1ccn2ccc(O)c2c1O. The number of nitrogens with zero attached hydrogens (tertiary/aromatic N) is 1. The molecule has 0 saturated carbocycles. The molecule has 0 radical (unpaired) electrons. The van der Waals surface area contributed by atoms with Gasteiger partial charge in [-0.1, -0.05) is 0 Å². The molecular formula is C8H7NO3. The van der Waals surface area contributed by atoms with Crippen LogP contribution in [-0.4, -0.2) is 19.7 Å². The van der Waals surface area contributed by atoms with Crippen LogP contribution >= 0.6 is 0 Å². The molecule has 2 rings (SSSR count). The van der Waals surface area contributed by atoms with Crippen LogP contribution in [0.2, 0.25) is 0 Å². The molecule has 62 valence electrons. The van der Waals surface area contributed by atoms with Gasteiger partial charge in [0.2, 0.25) is 0 Å². The Morgan fingerprint density at radius 3 is 2.17 bits per heavy atom. The largest absolute Gasteiger partial charge is 0.506 e. The number of pyridine rings is 1. The van der Waals surface area contributed by atoms with Gasteiger partial charge in [-0.05, 0) is 6.07 Å². The van der Waals surface area contributed by atoms with Crippen molar-refractivity contribution in [1.29, 1.82) is 0 Å². The molecular weight excluding hydrogens is 158 g/mol. The van der Waals surface area contributed by atoms with Crippen molar-refractivity contribution in [2.45, 2.75) is 0 Å². The molecule has 0 unspecified atom stereocenters. The topological polar surface area (TPSA) is 65.1 Å². The van der Waals surface area contributed by atoms with E-state index in [1.54, 1.807) is 12.4 Å². The minimum absolute atomic E-state index is 0.0524. The second-order valence-electron chi connectivity index (χ2n) is 2.51. The summed E-state index contributed by atoms with van der Waals surface area (Å²) in [6, 6.07) is 2.79. The standard InChI is InChI=1S/C8H7NO3/c10-5-1-3-9-4-2-6(11)8(12)7(5)9/h1-4,10-12H. The second kappa shape index (κ2) is 2.07. The van der Waals surface area contributed by atoms with Crippen LogP contribution in [0.15, 0.2) is 24.5 Å². The molecule has 0 aliphatic rings. The first-order valence-electron chi connectivity index (χ1n) is 3.40. The van der Waals surface area contributed by atoms with Crippen molar-refractivity contribution in [3.05, 3.63) is 24.5 Å². The zero-order valence-electron chi connectivity index (χ0n) is 6.10. The monoisotopic (exact) mass is 165 g/mol. The van der Waals surface area contributed by atoms with Crippen molar-refractivity contribution >= 4 is 5.52 Å². The van der Waals surface area contributed by atoms with Gasteiger partial charge in [-0.2, -0.15) is 0 Å². The molecule has 0 aliphatic carbocycles. The van der Waals surface area contributed by atoms with Crippen molar-refractivity contribution in [3.8, 4) is 17.2 Å². The van der Waals surface area contributed by atoms with Crippen molar-refractivity contribution in [3.63, 3.8) is 0 Å². The third-order valence-corrected chi connectivity index (χ3v) is 1.75. The van der Waals surface area contributed by atoms with E-state index in [1.807, 2.05) is 0 Å². The van der Waals surface area contributed by atoms with Crippen LogP contribution in [0, 0.1) is 0 Å². The van der Waals surface area contributed by atoms with Gasteiger partial charge in [-0.25, -0.2) is 0 Å². The Morgan fingerprint density at radius 1 is 0.917 bits per heavy atom. The van der Waals surface area contributed by atoms with E-state index in [1.165, 1.54) is 16.5 Å². The summed E-state index contributed by atoms with van der Waals surface area (Å²) in [7, 11) is 0. The summed E-state index contributed by atoms with van der Waals surface area (Å²) in [5.41, 5.74) is 0.218. The molecule has 12 heavy (non-hydrogen) atoms. The highest BCUT2D eigenvalue weighted by Gasteiger charge is 2.08. The zero-order valence-corrected chi connectivity index (χ0v) is 6.10. The highest BCUT2D eigenvalue weighted by atomic mass is 16.3. The Balaban J connectivity index is 2.96. The number of hydrogen-bond donors (Lipinski definition) is 3. The van der Waals surface area contributed by atoms with Gasteiger partial charge in [-0.3, -0.25) is 0 Å². The first-order chi connectivity index (χ1) is 5.70. The summed E-state index contributed by atoms with van der Waals surface area (Å²) >= 11 is 0. The third kappa shape index (κ3) is 0.717. The molecule has 2 aromatic heterocycles. The molecule has 0 fully saturated rings. The minimum atomic E-state index is -0.306. The molecule has 0 aliphatic heterocycles. The lowest BCUT2D eigenvalue weighted by Crippen LogP contribution is -1.81. The van der Waals surface area contributed by atoms with E-state index in [2.05, 4.69) is 0 Å². The Kier molecular flexibility index (Phi) is 1.18. The fourth-order valence-electron chi connectivity index (χ4n) is 1.16. The summed E-state index contributed by atoms with van der Waals surface area (Å²) < 4.78 is 1.52. The van der Waals surface area contributed by atoms with E-state index < -0.39 is 0 Å². The first kappa shape index (κ1) is 6.84. The molecule has 0 amide bonds. The molecule has 0 bridgehead atoms. The van der Waals surface area contributed by atoms with Gasteiger partial charge in [0.1, 0.15) is 11.3 Å². The van der Waals surface area contributed by atoms with Gasteiger partial charge in [0.05, 0.1) is 0 Å². The molecule has 2 aromatic rings. The van der Waals surface area contributed by atoms with E-state index in [0.29, 0.717) is 0 Å². The predicted octanol–water partition coefficient (Wildman–Crippen LogP) is 1.06. The fraction of sp³-hybridized carbons (Fsp3) is 0. The van der Waals surface area contributed by atoms with E-state index >= 15 is 0 Å². The van der Waals surface area contributed by atoms with E-state index in [-0.39, 0.29) is 22.8 Å². The van der Waals surface area contributed by atoms with Gasteiger partial charge in [0.15, 0.2) is 11.5 Å². The molecule has 3 N–H and O–H groups in total. The minimum Gasteiger partial charge on any atom is -0.506 e. The average Bonchev–Trinajstić information content (AvgIpc) is 2.41. The normalized spacial score (nSPS) is 10.7. The summed E-state index contributed by atoms with van der Waals surface area (Å²) in [6.07, 6.45) is 3.13. The third-order valence-electron chi connectivity index (χ3n) is 1.75. The summed E-state index contributed by atoms with van der Waals surface area (Å²) in [4.78, 5) is 0. The highest BCUT2D eigenvalue weighted by molar-refractivity contribution is 5.72. The van der Waals surface area contributed by atoms with Crippen LogP contribution in [0.3, 0.4) is 0 Å². The summed E-state index contributed by atoms with van der Waals surface area (Å²) in [5, 5.41) is 27.6. The lowest BCUT2D eigenvalue weighted by atomic mass is 10.3. The Hall–Kier alpha value is -1.84. The van der Waals surface area contributed by atoms with Crippen molar-refractivity contribution in [2.24, 2.45) is 0 Å². The van der Waals surface area contributed by atoms with Gasteiger partial charge in [0, 0.05) is 18.5 Å². The molecule has 0 atom stereocenters. The lowest BCUT2D eigenvalue weighted by molar-refractivity contribution is 0.403. The number of aromatic nitrogens is 1. The maximum atomic E-state index is 9.30. The van der Waals surface area contributed by atoms with E-state index in [4.69, 9.17) is 5.11 Å². The zero-order chi connectivity index (χ0) is 8.72. The molecule has 0 saturated heterocycles. The predicted molar refractivity (Wildman–Crippen MR) is 42.4 cm³/mol. The van der Waals surface area contributed by atoms with Crippen molar-refractivity contribution in [2.75, 3.05) is 0 Å². The Labute approximate surface area is 67.9 Å². The van der Waals surface area contributed by atoms with Crippen LogP contribution in [0.1, 0.15) is 0 Å². The molecule has 2 heterocycles. The van der Waals surface area contributed by atoms with E-state index in [9.17, 15) is 10.2 Å². The summed E-state index contributed by atoms with van der Waals surface area (Å²) in [6.45, 7) is 0. The van der Waals surface area contributed by atoms with Gasteiger partial charge in [0.25, 0.3) is 0 Å². The molecule has 0 aromatic carbocycles. The second-order valence-corrected chi connectivity index (χ2v) is 2.51. The number of rotatable bonds is 0. The fourth-order valence-corrected chi connectivity index (χ4v) is 1.16. The highest BCUT2D eigenvalue weighted by Crippen LogP contribution is 2.34.